The van der Waals surface area contributed by atoms with Gasteiger partial charge in [0.25, 0.3) is 0 Å². The molecule has 0 atom stereocenters. The molecule has 0 aliphatic carbocycles. The molecule has 0 spiro atoms. The summed E-state index contributed by atoms with van der Waals surface area (Å²) >= 11 is 0. The first-order valence-corrected chi connectivity index (χ1v) is 4.87. The van der Waals surface area contributed by atoms with Crippen LogP contribution in [0.15, 0.2) is 17.1 Å². The van der Waals surface area contributed by atoms with E-state index in [0.717, 1.165) is 12.1 Å². The number of nitrogens with one attached hydrogen (secondary N) is 1. The van der Waals surface area contributed by atoms with Gasteiger partial charge in [-0.1, -0.05) is 0 Å². The summed E-state index contributed by atoms with van der Waals surface area (Å²) in [5, 5.41) is 7.98. The van der Waals surface area contributed by atoms with Crippen molar-refractivity contribution in [3.05, 3.63) is 28.2 Å². The number of imidazole rings is 1. The lowest BCUT2D eigenvalue weighted by Gasteiger charge is -2.04. The molecule has 0 aromatic carbocycles. The van der Waals surface area contributed by atoms with E-state index in [2.05, 4.69) is 0 Å². The minimum absolute atomic E-state index is 0.0904. The molecule has 0 bridgehead atoms. The SMILES string of the molecule is CCn1ccc2c(c1=N)n(C)c(=O)n2C. The van der Waals surface area contributed by atoms with Crippen molar-refractivity contribution in [2.24, 2.45) is 14.1 Å². The summed E-state index contributed by atoms with van der Waals surface area (Å²) in [4.78, 5) is 11.7. The number of pyridine rings is 1. The molecule has 5 nitrogen and oxygen atoms in total. The first-order valence-electron chi connectivity index (χ1n) is 4.87. The molecule has 2 rings (SSSR count). The van der Waals surface area contributed by atoms with E-state index in [9.17, 15) is 4.79 Å². The van der Waals surface area contributed by atoms with Gasteiger partial charge in [0.15, 0.2) is 5.49 Å². The van der Waals surface area contributed by atoms with E-state index in [0.29, 0.717) is 11.0 Å². The largest absolute Gasteiger partial charge is 0.332 e. The summed E-state index contributed by atoms with van der Waals surface area (Å²) < 4.78 is 4.89. The van der Waals surface area contributed by atoms with Gasteiger partial charge in [0.1, 0.15) is 5.52 Å². The molecule has 15 heavy (non-hydrogen) atoms. The van der Waals surface area contributed by atoms with E-state index in [4.69, 9.17) is 5.41 Å². The highest BCUT2D eigenvalue weighted by molar-refractivity contribution is 5.74. The van der Waals surface area contributed by atoms with Crippen molar-refractivity contribution in [1.29, 1.82) is 5.41 Å². The van der Waals surface area contributed by atoms with Crippen LogP contribution >= 0.6 is 0 Å². The Morgan fingerprint density at radius 3 is 2.60 bits per heavy atom. The van der Waals surface area contributed by atoms with Gasteiger partial charge in [-0.05, 0) is 13.0 Å². The maximum atomic E-state index is 11.7. The monoisotopic (exact) mass is 206 g/mol. The predicted molar refractivity (Wildman–Crippen MR) is 57.7 cm³/mol. The minimum atomic E-state index is -0.0904. The fourth-order valence-corrected chi connectivity index (χ4v) is 1.86. The standard InChI is InChI=1S/C10H14N4O/c1-4-14-6-5-7-8(9(14)11)13(3)10(15)12(7)2/h5-6,11H,4H2,1-3H3. The average Bonchev–Trinajstić information content (AvgIpc) is 2.45. The molecule has 0 aliphatic rings. The Balaban J connectivity index is 3.07. The fourth-order valence-electron chi connectivity index (χ4n) is 1.86. The molecule has 5 heteroatoms. The quantitative estimate of drug-likeness (QED) is 0.711. The molecule has 0 unspecified atom stereocenters. The molecule has 0 aliphatic heterocycles. The van der Waals surface area contributed by atoms with E-state index < -0.39 is 0 Å². The van der Waals surface area contributed by atoms with E-state index in [-0.39, 0.29) is 5.69 Å². The molecule has 80 valence electrons. The molecule has 2 aromatic rings. The number of nitrogens with zero attached hydrogens (tertiary/aromatic N) is 3. The van der Waals surface area contributed by atoms with E-state index in [1.54, 1.807) is 18.7 Å². The van der Waals surface area contributed by atoms with Crippen molar-refractivity contribution in [2.45, 2.75) is 13.5 Å². The third kappa shape index (κ3) is 1.16. The van der Waals surface area contributed by atoms with Gasteiger partial charge in [0.05, 0.1) is 5.52 Å². The van der Waals surface area contributed by atoms with Crippen molar-refractivity contribution in [1.82, 2.24) is 13.7 Å². The second-order valence-corrected chi connectivity index (χ2v) is 3.58. The third-order valence-corrected chi connectivity index (χ3v) is 2.78. The number of fused-ring (bicyclic) bond motifs is 1. The molecule has 0 saturated heterocycles. The van der Waals surface area contributed by atoms with Crippen molar-refractivity contribution in [3.63, 3.8) is 0 Å². The smallest absolute Gasteiger partial charge is 0.328 e. The molecular formula is C10H14N4O. The fraction of sp³-hybridized carbons (Fsp3) is 0.400. The van der Waals surface area contributed by atoms with Gasteiger partial charge in [-0.25, -0.2) is 4.79 Å². The lowest BCUT2D eigenvalue weighted by Crippen LogP contribution is -2.23. The van der Waals surface area contributed by atoms with Crippen molar-refractivity contribution in [3.8, 4) is 0 Å². The van der Waals surface area contributed by atoms with Crippen LogP contribution in [0.5, 0.6) is 0 Å². The van der Waals surface area contributed by atoms with E-state index >= 15 is 0 Å². The Morgan fingerprint density at radius 1 is 1.33 bits per heavy atom. The first-order chi connectivity index (χ1) is 7.07. The number of hydrogen-bond acceptors (Lipinski definition) is 2. The Hall–Kier alpha value is -1.78. The molecule has 1 N–H and O–H groups in total. The van der Waals surface area contributed by atoms with E-state index in [1.807, 2.05) is 23.8 Å². The van der Waals surface area contributed by atoms with Crippen LogP contribution in [0.4, 0.5) is 0 Å². The van der Waals surface area contributed by atoms with Gasteiger partial charge in [-0.3, -0.25) is 14.5 Å². The maximum absolute atomic E-state index is 11.7. The van der Waals surface area contributed by atoms with Crippen LogP contribution in [0.2, 0.25) is 0 Å². The zero-order valence-corrected chi connectivity index (χ0v) is 9.11. The minimum Gasteiger partial charge on any atom is -0.332 e. The van der Waals surface area contributed by atoms with Crippen molar-refractivity contribution in [2.75, 3.05) is 0 Å². The van der Waals surface area contributed by atoms with E-state index in [1.165, 1.54) is 4.57 Å². The highest BCUT2D eigenvalue weighted by atomic mass is 16.1. The summed E-state index contributed by atoms with van der Waals surface area (Å²) in [7, 11) is 3.42. The summed E-state index contributed by atoms with van der Waals surface area (Å²) in [6, 6.07) is 1.87. The Morgan fingerprint density at radius 2 is 2.00 bits per heavy atom. The van der Waals surface area contributed by atoms with Gasteiger partial charge in [0, 0.05) is 26.8 Å². The number of aryl methyl sites for hydroxylation is 3. The lowest BCUT2D eigenvalue weighted by atomic mass is 10.4. The van der Waals surface area contributed by atoms with Crippen LogP contribution in [0, 0.1) is 5.41 Å². The zero-order valence-electron chi connectivity index (χ0n) is 9.11. The van der Waals surface area contributed by atoms with Crippen LogP contribution in [-0.4, -0.2) is 13.7 Å². The lowest BCUT2D eigenvalue weighted by molar-refractivity contribution is 0.704. The molecular weight excluding hydrogens is 192 g/mol. The molecule has 0 amide bonds. The molecule has 0 saturated carbocycles. The van der Waals surface area contributed by atoms with Gasteiger partial charge in [-0.15, -0.1) is 0 Å². The summed E-state index contributed by atoms with van der Waals surface area (Å²) in [6.45, 7) is 2.71. The normalized spacial score (nSPS) is 11.1. The average molecular weight is 206 g/mol. The number of rotatable bonds is 1. The van der Waals surface area contributed by atoms with Gasteiger partial charge in [-0.2, -0.15) is 0 Å². The molecule has 2 heterocycles. The Kier molecular flexibility index (Phi) is 2.03. The van der Waals surface area contributed by atoms with Gasteiger partial charge >= 0.3 is 5.69 Å². The summed E-state index contributed by atoms with van der Waals surface area (Å²) in [6.07, 6.45) is 1.84. The number of hydrogen-bond donors (Lipinski definition) is 1. The zero-order chi connectivity index (χ0) is 11.2. The third-order valence-electron chi connectivity index (χ3n) is 2.78. The topological polar surface area (TPSA) is 55.7 Å². The highest BCUT2D eigenvalue weighted by Crippen LogP contribution is 2.05. The summed E-state index contributed by atoms with van der Waals surface area (Å²) in [5.74, 6) is 0. The second kappa shape index (κ2) is 3.12. The van der Waals surface area contributed by atoms with Gasteiger partial charge < -0.3 is 4.57 Å². The van der Waals surface area contributed by atoms with Crippen LogP contribution < -0.4 is 11.2 Å². The summed E-state index contributed by atoms with van der Waals surface area (Å²) in [5.41, 5.74) is 1.78. The molecule has 0 fully saturated rings. The van der Waals surface area contributed by atoms with Crippen LogP contribution in [0.25, 0.3) is 11.0 Å². The molecule has 0 radical (unpaired) electrons. The molecule has 2 aromatic heterocycles. The number of aromatic nitrogens is 3. The Labute approximate surface area is 86.7 Å². The Bertz CT molecular complexity index is 629. The highest BCUT2D eigenvalue weighted by Gasteiger charge is 2.09. The van der Waals surface area contributed by atoms with Crippen LogP contribution in [0.3, 0.4) is 0 Å². The van der Waals surface area contributed by atoms with Crippen LogP contribution in [-0.2, 0) is 20.6 Å². The van der Waals surface area contributed by atoms with Crippen molar-refractivity contribution < 1.29 is 0 Å². The van der Waals surface area contributed by atoms with Crippen LogP contribution in [0.1, 0.15) is 6.92 Å². The maximum Gasteiger partial charge on any atom is 0.328 e. The van der Waals surface area contributed by atoms with Gasteiger partial charge in [0.2, 0.25) is 0 Å². The van der Waals surface area contributed by atoms with Crippen molar-refractivity contribution >= 4 is 11.0 Å². The second-order valence-electron chi connectivity index (χ2n) is 3.58. The predicted octanol–water partition coefficient (Wildman–Crippen LogP) is 0.178. The first kappa shape index (κ1) is 9.76.